The minimum Gasteiger partial charge on any atom is -0.481 e. The number of hydrogen-bond acceptors (Lipinski definition) is 4. The standard InChI is InChI=1S/C18H24N2O3S/c21-16(13-4-1-2-5-13)20-9-14-8-19(10-15-6-3-7-24-15)11-18(14,12-20)17(22)23/h3,6-7,13-14H,1-2,4-5,8-12H2,(H,22,23)/t14-,18-/m1/s1. The van der Waals surface area contributed by atoms with Gasteiger partial charge in [-0.15, -0.1) is 11.3 Å². The molecule has 3 aliphatic rings. The number of likely N-dealkylation sites (tertiary alicyclic amines) is 2. The summed E-state index contributed by atoms with van der Waals surface area (Å²) < 4.78 is 0. The van der Waals surface area contributed by atoms with Crippen LogP contribution < -0.4 is 0 Å². The Kier molecular flexibility index (Phi) is 4.12. The van der Waals surface area contributed by atoms with E-state index in [0.29, 0.717) is 19.6 Å². The average molecular weight is 348 g/mol. The van der Waals surface area contributed by atoms with Gasteiger partial charge in [0.25, 0.3) is 0 Å². The molecule has 24 heavy (non-hydrogen) atoms. The minimum atomic E-state index is -0.772. The van der Waals surface area contributed by atoms with Gasteiger partial charge in [-0.1, -0.05) is 18.9 Å². The van der Waals surface area contributed by atoms with Gasteiger partial charge in [-0.05, 0) is 24.3 Å². The van der Waals surface area contributed by atoms with Crippen LogP contribution in [0.2, 0.25) is 0 Å². The summed E-state index contributed by atoms with van der Waals surface area (Å²) in [6.07, 6.45) is 4.22. The molecule has 2 saturated heterocycles. The second kappa shape index (κ2) is 6.15. The number of carboxylic acids is 1. The van der Waals surface area contributed by atoms with E-state index < -0.39 is 11.4 Å². The van der Waals surface area contributed by atoms with Crippen LogP contribution in [0.25, 0.3) is 0 Å². The molecule has 1 aliphatic carbocycles. The van der Waals surface area contributed by atoms with Crippen molar-refractivity contribution < 1.29 is 14.7 Å². The Labute approximate surface area is 146 Å². The Morgan fingerprint density at radius 3 is 2.67 bits per heavy atom. The second-order valence-electron chi connectivity index (χ2n) is 7.61. The van der Waals surface area contributed by atoms with Crippen molar-refractivity contribution in [3.8, 4) is 0 Å². The summed E-state index contributed by atoms with van der Waals surface area (Å²) in [6, 6.07) is 4.13. The van der Waals surface area contributed by atoms with E-state index in [1.165, 1.54) is 4.88 Å². The maximum absolute atomic E-state index is 12.7. The van der Waals surface area contributed by atoms with E-state index in [1.807, 2.05) is 11.0 Å². The number of thiophene rings is 1. The first kappa shape index (κ1) is 16.1. The number of amides is 1. The largest absolute Gasteiger partial charge is 0.481 e. The highest BCUT2D eigenvalue weighted by Gasteiger charge is 2.58. The lowest BCUT2D eigenvalue weighted by molar-refractivity contribution is -0.149. The van der Waals surface area contributed by atoms with Gasteiger partial charge in [-0.25, -0.2) is 0 Å². The molecule has 2 atom stereocenters. The van der Waals surface area contributed by atoms with Crippen LogP contribution in [0.15, 0.2) is 17.5 Å². The van der Waals surface area contributed by atoms with Gasteiger partial charge in [0.2, 0.25) is 5.91 Å². The minimum absolute atomic E-state index is 0.0558. The summed E-state index contributed by atoms with van der Waals surface area (Å²) in [4.78, 5) is 30.2. The third-order valence-electron chi connectivity index (χ3n) is 6.08. The third kappa shape index (κ3) is 2.65. The number of fused-ring (bicyclic) bond motifs is 1. The van der Waals surface area contributed by atoms with Gasteiger partial charge in [-0.2, -0.15) is 0 Å². The summed E-state index contributed by atoms with van der Waals surface area (Å²) in [7, 11) is 0. The Morgan fingerprint density at radius 1 is 1.25 bits per heavy atom. The topological polar surface area (TPSA) is 60.9 Å². The zero-order valence-electron chi connectivity index (χ0n) is 13.8. The predicted octanol–water partition coefficient (Wildman–Crippen LogP) is 2.28. The molecule has 5 nitrogen and oxygen atoms in total. The summed E-state index contributed by atoms with van der Waals surface area (Å²) in [5.41, 5.74) is -0.772. The highest BCUT2D eigenvalue weighted by atomic mass is 32.1. The molecular formula is C18H24N2O3S. The summed E-state index contributed by atoms with van der Waals surface area (Å²) in [5, 5.41) is 12.0. The lowest BCUT2D eigenvalue weighted by Crippen LogP contribution is -2.42. The number of carboxylic acid groups (broad SMARTS) is 1. The number of aliphatic carboxylic acids is 1. The lowest BCUT2D eigenvalue weighted by atomic mass is 9.81. The fraction of sp³-hybridized carbons (Fsp3) is 0.667. The van der Waals surface area contributed by atoms with Crippen LogP contribution in [0, 0.1) is 17.3 Å². The molecule has 1 saturated carbocycles. The van der Waals surface area contributed by atoms with E-state index in [0.717, 1.165) is 38.8 Å². The van der Waals surface area contributed by atoms with E-state index in [9.17, 15) is 14.7 Å². The number of carbonyl (C=O) groups excluding carboxylic acids is 1. The lowest BCUT2D eigenvalue weighted by Gasteiger charge is -2.26. The van der Waals surface area contributed by atoms with Gasteiger partial charge in [0, 0.05) is 49.4 Å². The average Bonchev–Trinajstić information content (AvgIpc) is 3.30. The monoisotopic (exact) mass is 348 g/mol. The van der Waals surface area contributed by atoms with Crippen LogP contribution in [0.4, 0.5) is 0 Å². The van der Waals surface area contributed by atoms with Gasteiger partial charge in [0.15, 0.2) is 0 Å². The number of carbonyl (C=O) groups is 2. The maximum atomic E-state index is 12.7. The Balaban J connectivity index is 1.47. The molecule has 4 rings (SSSR count). The molecule has 6 heteroatoms. The normalized spacial score (nSPS) is 30.8. The molecule has 0 spiro atoms. The van der Waals surface area contributed by atoms with Crippen LogP contribution in [0.3, 0.4) is 0 Å². The fourth-order valence-corrected chi connectivity index (χ4v) is 5.56. The van der Waals surface area contributed by atoms with E-state index >= 15 is 0 Å². The molecular weight excluding hydrogens is 324 g/mol. The van der Waals surface area contributed by atoms with E-state index in [-0.39, 0.29) is 17.7 Å². The van der Waals surface area contributed by atoms with Gasteiger partial charge >= 0.3 is 5.97 Å². The molecule has 130 valence electrons. The number of rotatable bonds is 4. The molecule has 3 heterocycles. The molecule has 1 aromatic heterocycles. The van der Waals surface area contributed by atoms with E-state index in [1.54, 1.807) is 11.3 Å². The highest BCUT2D eigenvalue weighted by Crippen LogP contribution is 2.44. The quantitative estimate of drug-likeness (QED) is 0.907. The predicted molar refractivity (Wildman–Crippen MR) is 91.7 cm³/mol. The van der Waals surface area contributed by atoms with E-state index in [4.69, 9.17) is 0 Å². The summed E-state index contributed by atoms with van der Waals surface area (Å²) >= 11 is 1.71. The van der Waals surface area contributed by atoms with Crippen LogP contribution in [-0.4, -0.2) is 53.0 Å². The third-order valence-corrected chi connectivity index (χ3v) is 6.94. The number of nitrogens with zero attached hydrogens (tertiary/aromatic N) is 2. The van der Waals surface area contributed by atoms with Gasteiger partial charge in [0.1, 0.15) is 5.41 Å². The van der Waals surface area contributed by atoms with Crippen molar-refractivity contribution in [3.63, 3.8) is 0 Å². The smallest absolute Gasteiger partial charge is 0.313 e. The second-order valence-corrected chi connectivity index (χ2v) is 8.64. The molecule has 0 aromatic carbocycles. The van der Waals surface area contributed by atoms with Crippen molar-refractivity contribution in [3.05, 3.63) is 22.4 Å². The molecule has 2 aliphatic heterocycles. The van der Waals surface area contributed by atoms with E-state index in [2.05, 4.69) is 16.3 Å². The van der Waals surface area contributed by atoms with Crippen molar-refractivity contribution in [1.29, 1.82) is 0 Å². The Morgan fingerprint density at radius 2 is 2.04 bits per heavy atom. The molecule has 0 bridgehead atoms. The SMILES string of the molecule is O=C(C1CCCC1)N1C[C@H]2CN(Cc3cccs3)C[C@@]2(C(=O)O)C1. The molecule has 0 radical (unpaired) electrons. The highest BCUT2D eigenvalue weighted by molar-refractivity contribution is 7.09. The Hall–Kier alpha value is -1.40. The van der Waals surface area contributed by atoms with Crippen LogP contribution in [-0.2, 0) is 16.1 Å². The molecule has 0 unspecified atom stereocenters. The first-order chi connectivity index (χ1) is 11.6. The summed E-state index contributed by atoms with van der Waals surface area (Å²) in [6.45, 7) is 3.16. The first-order valence-corrected chi connectivity index (χ1v) is 9.73. The van der Waals surface area contributed by atoms with Crippen molar-refractivity contribution in [2.75, 3.05) is 26.2 Å². The van der Waals surface area contributed by atoms with Gasteiger partial charge in [-0.3, -0.25) is 14.5 Å². The Bertz CT molecular complexity index is 626. The molecule has 1 N–H and O–H groups in total. The maximum Gasteiger partial charge on any atom is 0.313 e. The van der Waals surface area contributed by atoms with Crippen molar-refractivity contribution in [2.24, 2.45) is 17.3 Å². The van der Waals surface area contributed by atoms with Gasteiger partial charge in [0.05, 0.1) is 0 Å². The first-order valence-electron chi connectivity index (χ1n) is 8.85. The van der Waals surface area contributed by atoms with Crippen molar-refractivity contribution in [1.82, 2.24) is 9.80 Å². The fourth-order valence-electron chi connectivity index (χ4n) is 4.81. The zero-order valence-corrected chi connectivity index (χ0v) is 14.6. The van der Waals surface area contributed by atoms with Crippen molar-refractivity contribution in [2.45, 2.75) is 32.2 Å². The summed E-state index contributed by atoms with van der Waals surface area (Å²) in [5.74, 6) is -0.340. The van der Waals surface area contributed by atoms with Crippen LogP contribution in [0.1, 0.15) is 30.6 Å². The number of hydrogen-bond donors (Lipinski definition) is 1. The zero-order chi connectivity index (χ0) is 16.7. The molecule has 1 amide bonds. The van der Waals surface area contributed by atoms with Gasteiger partial charge < -0.3 is 10.0 Å². The van der Waals surface area contributed by atoms with Crippen molar-refractivity contribution >= 4 is 23.2 Å². The van der Waals surface area contributed by atoms with Crippen LogP contribution in [0.5, 0.6) is 0 Å². The molecule has 1 aromatic rings. The van der Waals surface area contributed by atoms with Crippen LogP contribution >= 0.6 is 11.3 Å². The molecule has 3 fully saturated rings.